The van der Waals surface area contributed by atoms with Gasteiger partial charge >= 0.3 is 0 Å². The number of aryl methyl sites for hydroxylation is 2. The minimum absolute atomic E-state index is 0.0404. The Morgan fingerprint density at radius 1 is 1.11 bits per heavy atom. The first-order valence-corrected chi connectivity index (χ1v) is 6.70. The first-order valence-electron chi connectivity index (χ1n) is 6.33. The van der Waals surface area contributed by atoms with Crippen molar-refractivity contribution in [1.82, 2.24) is 0 Å². The lowest BCUT2D eigenvalue weighted by Gasteiger charge is -2.23. The summed E-state index contributed by atoms with van der Waals surface area (Å²) < 4.78 is 0. The number of halogens is 1. The fraction of sp³-hybridized carbons (Fsp3) is 0.375. The topological polar surface area (TPSA) is 34.1 Å². The number of carbonyl (C=O) groups excluding carboxylic acids is 2. The Balaban J connectivity index is 2.52. The van der Waals surface area contributed by atoms with Crippen LogP contribution < -0.4 is 0 Å². The van der Waals surface area contributed by atoms with Crippen LogP contribution in [0.2, 0.25) is 0 Å². The van der Waals surface area contributed by atoms with Gasteiger partial charge in [-0.3, -0.25) is 9.59 Å². The van der Waals surface area contributed by atoms with Gasteiger partial charge in [-0.1, -0.05) is 0 Å². The van der Waals surface area contributed by atoms with Crippen LogP contribution >= 0.6 is 11.6 Å². The van der Waals surface area contributed by atoms with E-state index in [1.807, 2.05) is 26.0 Å². The van der Waals surface area contributed by atoms with Crippen LogP contribution in [0.3, 0.4) is 0 Å². The Morgan fingerprint density at radius 2 is 1.63 bits per heavy atom. The number of hydrogen-bond donors (Lipinski definition) is 0. The van der Waals surface area contributed by atoms with Gasteiger partial charge in [0.25, 0.3) is 0 Å². The smallest absolute Gasteiger partial charge is 0.147 e. The quantitative estimate of drug-likeness (QED) is 0.582. The minimum atomic E-state index is -0.577. The van der Waals surface area contributed by atoms with Gasteiger partial charge in [-0.15, -0.1) is 0 Å². The van der Waals surface area contributed by atoms with Crippen molar-refractivity contribution in [1.29, 1.82) is 0 Å². The molecule has 1 aromatic rings. The van der Waals surface area contributed by atoms with Gasteiger partial charge in [0.05, 0.1) is 0 Å². The van der Waals surface area contributed by atoms with E-state index >= 15 is 0 Å². The molecule has 1 saturated carbocycles. The molecule has 0 spiro atoms. The largest absolute Gasteiger partial charge is 0.299 e. The number of ketones is 2. The fourth-order valence-electron chi connectivity index (χ4n) is 2.78. The SMILES string of the molecule is Cc1cc(C#CCl)cc(C)c1C1C(=O)CCCC1=O. The molecule has 19 heavy (non-hydrogen) atoms. The second-order valence-electron chi connectivity index (χ2n) is 4.96. The molecule has 0 atom stereocenters. The lowest BCUT2D eigenvalue weighted by atomic mass is 9.78. The van der Waals surface area contributed by atoms with E-state index in [1.165, 1.54) is 0 Å². The normalized spacial score (nSPS) is 16.2. The van der Waals surface area contributed by atoms with E-state index in [1.54, 1.807) is 0 Å². The van der Waals surface area contributed by atoms with Crippen molar-refractivity contribution in [3.05, 3.63) is 34.4 Å². The monoisotopic (exact) mass is 274 g/mol. The summed E-state index contributed by atoms with van der Waals surface area (Å²) in [6.45, 7) is 3.83. The minimum Gasteiger partial charge on any atom is -0.299 e. The van der Waals surface area contributed by atoms with Gasteiger partial charge in [0.1, 0.15) is 17.5 Å². The van der Waals surface area contributed by atoms with Gasteiger partial charge in [0.15, 0.2) is 0 Å². The Hall–Kier alpha value is -1.59. The number of carbonyl (C=O) groups is 2. The average molecular weight is 275 g/mol. The van der Waals surface area contributed by atoms with Gasteiger partial charge in [-0.25, -0.2) is 0 Å². The highest BCUT2D eigenvalue weighted by Gasteiger charge is 2.33. The zero-order valence-corrected chi connectivity index (χ0v) is 11.8. The van der Waals surface area contributed by atoms with Crippen molar-refractivity contribution >= 4 is 23.2 Å². The lowest BCUT2D eigenvalue weighted by Crippen LogP contribution is -2.27. The summed E-state index contributed by atoms with van der Waals surface area (Å²) in [4.78, 5) is 24.1. The van der Waals surface area contributed by atoms with Crippen LogP contribution in [0.25, 0.3) is 0 Å². The van der Waals surface area contributed by atoms with E-state index < -0.39 is 5.92 Å². The number of Topliss-reactive ketones (excluding diaryl/α,β-unsaturated/α-hetero) is 2. The maximum Gasteiger partial charge on any atom is 0.147 e. The van der Waals surface area contributed by atoms with Gasteiger partial charge in [0, 0.05) is 23.8 Å². The lowest BCUT2D eigenvalue weighted by molar-refractivity contribution is -0.131. The van der Waals surface area contributed by atoms with E-state index in [4.69, 9.17) is 11.6 Å². The van der Waals surface area contributed by atoms with E-state index in [2.05, 4.69) is 11.3 Å². The Morgan fingerprint density at radius 3 is 2.11 bits per heavy atom. The zero-order chi connectivity index (χ0) is 14.0. The Labute approximate surface area is 118 Å². The molecule has 0 bridgehead atoms. The maximum atomic E-state index is 12.1. The highest BCUT2D eigenvalue weighted by Crippen LogP contribution is 2.32. The van der Waals surface area contributed by atoms with Crippen molar-refractivity contribution in [3.63, 3.8) is 0 Å². The summed E-state index contributed by atoms with van der Waals surface area (Å²) in [6, 6.07) is 3.76. The molecule has 0 unspecified atom stereocenters. The summed E-state index contributed by atoms with van der Waals surface area (Å²) in [5, 5.41) is 2.34. The third kappa shape index (κ3) is 2.72. The van der Waals surface area contributed by atoms with Gasteiger partial charge in [0.2, 0.25) is 0 Å². The molecular weight excluding hydrogens is 260 g/mol. The summed E-state index contributed by atoms with van der Waals surface area (Å²) in [5.74, 6) is 2.29. The molecule has 3 heteroatoms. The van der Waals surface area contributed by atoms with Crippen LogP contribution in [0.15, 0.2) is 12.1 Å². The first-order chi connectivity index (χ1) is 9.04. The van der Waals surface area contributed by atoms with E-state index in [0.717, 1.165) is 22.3 Å². The van der Waals surface area contributed by atoms with Crippen LogP contribution in [0.1, 0.15) is 47.4 Å². The molecule has 0 radical (unpaired) electrons. The molecule has 98 valence electrons. The maximum absolute atomic E-state index is 12.1. The molecule has 2 nitrogen and oxygen atoms in total. The zero-order valence-electron chi connectivity index (χ0n) is 11.0. The van der Waals surface area contributed by atoms with Crippen LogP contribution in [-0.2, 0) is 9.59 Å². The predicted octanol–water partition coefficient (Wildman–Crippen LogP) is 3.26. The molecule has 1 aromatic carbocycles. The number of benzene rings is 1. The molecule has 1 fully saturated rings. The highest BCUT2D eigenvalue weighted by atomic mass is 35.5. The molecule has 0 aliphatic heterocycles. The second-order valence-corrected chi connectivity index (χ2v) is 5.15. The second kappa shape index (κ2) is 5.59. The summed E-state index contributed by atoms with van der Waals surface area (Å²) in [7, 11) is 0. The standard InChI is InChI=1S/C16H15ClO2/c1-10-8-12(6-7-17)9-11(2)15(10)16-13(18)4-3-5-14(16)19/h8-9,16H,3-5H2,1-2H3. The summed E-state index contributed by atoms with van der Waals surface area (Å²) in [6.07, 6.45) is 1.68. The van der Waals surface area contributed by atoms with Crippen LogP contribution in [-0.4, -0.2) is 11.6 Å². The predicted molar refractivity (Wildman–Crippen MR) is 75.3 cm³/mol. The van der Waals surface area contributed by atoms with Gasteiger partial charge < -0.3 is 0 Å². The first kappa shape index (κ1) is 13.8. The molecule has 0 amide bonds. The average Bonchev–Trinajstić information content (AvgIpc) is 2.32. The van der Waals surface area contributed by atoms with E-state index in [-0.39, 0.29) is 11.6 Å². The van der Waals surface area contributed by atoms with Gasteiger partial charge in [-0.05, 0) is 66.6 Å². The molecule has 1 aliphatic carbocycles. The molecule has 2 rings (SSSR count). The van der Waals surface area contributed by atoms with E-state index in [0.29, 0.717) is 19.3 Å². The van der Waals surface area contributed by atoms with Crippen molar-refractivity contribution in [2.75, 3.05) is 0 Å². The number of hydrogen-bond acceptors (Lipinski definition) is 2. The van der Waals surface area contributed by atoms with Crippen LogP contribution in [0.5, 0.6) is 0 Å². The molecule has 0 aromatic heterocycles. The number of rotatable bonds is 1. The third-order valence-corrected chi connectivity index (χ3v) is 3.66. The third-order valence-electron chi connectivity index (χ3n) is 3.56. The van der Waals surface area contributed by atoms with E-state index in [9.17, 15) is 9.59 Å². The van der Waals surface area contributed by atoms with Crippen molar-refractivity contribution in [2.45, 2.75) is 39.0 Å². The molecule has 0 heterocycles. The molecule has 1 aliphatic rings. The summed E-state index contributed by atoms with van der Waals surface area (Å²) >= 11 is 5.41. The van der Waals surface area contributed by atoms with Crippen molar-refractivity contribution in [3.8, 4) is 11.3 Å². The highest BCUT2D eigenvalue weighted by molar-refractivity contribution is 6.30. The Kier molecular flexibility index (Phi) is 4.07. The summed E-state index contributed by atoms with van der Waals surface area (Å²) in [5.41, 5.74) is 3.53. The van der Waals surface area contributed by atoms with Crippen molar-refractivity contribution in [2.24, 2.45) is 0 Å². The van der Waals surface area contributed by atoms with Crippen molar-refractivity contribution < 1.29 is 9.59 Å². The van der Waals surface area contributed by atoms with Crippen LogP contribution in [0.4, 0.5) is 0 Å². The van der Waals surface area contributed by atoms with Gasteiger partial charge in [-0.2, -0.15) is 0 Å². The fourth-order valence-corrected chi connectivity index (χ4v) is 2.89. The molecule has 0 N–H and O–H groups in total. The van der Waals surface area contributed by atoms with Crippen LogP contribution in [0, 0.1) is 25.1 Å². The molecule has 0 saturated heterocycles. The molecular formula is C16H15ClO2. The Bertz CT molecular complexity index is 566.